The van der Waals surface area contributed by atoms with E-state index < -0.39 is 0 Å². The number of rotatable bonds is 2. The van der Waals surface area contributed by atoms with Crippen LogP contribution in [0.4, 0.5) is 4.39 Å². The number of hydrogen-bond donors (Lipinski definition) is 0. The van der Waals surface area contributed by atoms with E-state index in [-0.39, 0.29) is 10.6 Å². The van der Waals surface area contributed by atoms with E-state index in [4.69, 9.17) is 0 Å². The Hall–Kier alpha value is -0.830. The Bertz CT molecular complexity index is 342. The van der Waals surface area contributed by atoms with Gasteiger partial charge in [-0.3, -0.25) is 4.79 Å². The molecule has 0 amide bonds. The number of carbonyl (C=O) groups excluding carboxylic acids is 1. The largest absolute Gasteiger partial charge is 0.298 e. The summed E-state index contributed by atoms with van der Waals surface area (Å²) in [5.41, 5.74) is 0.421. The summed E-state index contributed by atoms with van der Waals surface area (Å²) in [6.45, 7) is 5.95. The Morgan fingerprint density at radius 2 is 2.00 bits per heavy atom. The summed E-state index contributed by atoms with van der Waals surface area (Å²) in [5.74, 6) is -0.325. The standard InChI is InChI=1S/C11H13FOS/c1-11(2,3)14-10-8(7-13)5-4-6-9(10)12/h4-7H,1-3H3. The number of aldehydes is 1. The van der Waals surface area contributed by atoms with Gasteiger partial charge in [0.2, 0.25) is 0 Å². The molecule has 0 unspecified atom stereocenters. The van der Waals surface area contributed by atoms with Crippen molar-refractivity contribution in [3.63, 3.8) is 0 Å². The van der Waals surface area contributed by atoms with Crippen molar-refractivity contribution in [3.8, 4) is 0 Å². The van der Waals surface area contributed by atoms with Gasteiger partial charge >= 0.3 is 0 Å². The van der Waals surface area contributed by atoms with Gasteiger partial charge in [-0.1, -0.05) is 32.9 Å². The fraction of sp³-hybridized carbons (Fsp3) is 0.364. The highest BCUT2D eigenvalue weighted by molar-refractivity contribution is 8.00. The van der Waals surface area contributed by atoms with Crippen molar-refractivity contribution in [3.05, 3.63) is 29.6 Å². The summed E-state index contributed by atoms with van der Waals surface area (Å²) in [6.07, 6.45) is 0.692. The minimum atomic E-state index is -0.325. The van der Waals surface area contributed by atoms with Crippen LogP contribution in [0.3, 0.4) is 0 Å². The lowest BCUT2D eigenvalue weighted by Crippen LogP contribution is -2.08. The predicted octanol–water partition coefficient (Wildman–Crippen LogP) is 3.53. The molecule has 0 radical (unpaired) electrons. The van der Waals surface area contributed by atoms with Gasteiger partial charge in [0.25, 0.3) is 0 Å². The first-order valence-corrected chi connectivity index (χ1v) is 5.18. The molecule has 1 aromatic carbocycles. The van der Waals surface area contributed by atoms with E-state index in [1.807, 2.05) is 20.8 Å². The Kier molecular flexibility index (Phi) is 3.32. The first-order valence-electron chi connectivity index (χ1n) is 4.37. The van der Waals surface area contributed by atoms with E-state index >= 15 is 0 Å². The van der Waals surface area contributed by atoms with Crippen molar-refractivity contribution in [2.24, 2.45) is 0 Å². The molecule has 0 saturated heterocycles. The lowest BCUT2D eigenvalue weighted by atomic mass is 10.2. The van der Waals surface area contributed by atoms with Crippen LogP contribution in [0.15, 0.2) is 23.1 Å². The van der Waals surface area contributed by atoms with Gasteiger partial charge in [-0.25, -0.2) is 4.39 Å². The molecule has 0 bridgehead atoms. The quantitative estimate of drug-likeness (QED) is 0.551. The van der Waals surface area contributed by atoms with Gasteiger partial charge in [-0.15, -0.1) is 11.8 Å². The van der Waals surface area contributed by atoms with Crippen LogP contribution in [0.2, 0.25) is 0 Å². The summed E-state index contributed by atoms with van der Waals surface area (Å²) in [5, 5.41) is 0. The van der Waals surface area contributed by atoms with Gasteiger partial charge in [0, 0.05) is 10.3 Å². The van der Waals surface area contributed by atoms with Crippen molar-refractivity contribution in [1.82, 2.24) is 0 Å². The molecule has 3 heteroatoms. The predicted molar refractivity (Wildman–Crippen MR) is 57.4 cm³/mol. The van der Waals surface area contributed by atoms with E-state index in [0.717, 1.165) is 0 Å². The number of hydrogen-bond acceptors (Lipinski definition) is 2. The molecule has 0 saturated carbocycles. The molecule has 0 heterocycles. The van der Waals surface area contributed by atoms with Crippen molar-refractivity contribution in [1.29, 1.82) is 0 Å². The number of carbonyl (C=O) groups is 1. The van der Waals surface area contributed by atoms with Gasteiger partial charge in [-0.2, -0.15) is 0 Å². The molecule has 0 atom stereocenters. The Labute approximate surface area is 87.7 Å². The van der Waals surface area contributed by atoms with Crippen LogP contribution < -0.4 is 0 Å². The molecule has 1 rings (SSSR count). The first kappa shape index (κ1) is 11.2. The maximum atomic E-state index is 13.4. The van der Waals surface area contributed by atoms with Gasteiger partial charge in [0.05, 0.1) is 4.90 Å². The molecule has 1 nitrogen and oxygen atoms in total. The normalized spacial score (nSPS) is 11.4. The van der Waals surface area contributed by atoms with Crippen LogP contribution >= 0.6 is 11.8 Å². The zero-order valence-electron chi connectivity index (χ0n) is 8.50. The monoisotopic (exact) mass is 212 g/mol. The van der Waals surface area contributed by atoms with Crippen molar-refractivity contribution < 1.29 is 9.18 Å². The molecule has 0 spiro atoms. The third-order valence-corrected chi connectivity index (χ3v) is 2.78. The van der Waals surface area contributed by atoms with E-state index in [1.54, 1.807) is 12.1 Å². The minimum Gasteiger partial charge on any atom is -0.298 e. The molecular formula is C11H13FOS. The molecule has 0 aliphatic heterocycles. The number of thioether (sulfide) groups is 1. The molecular weight excluding hydrogens is 199 g/mol. The van der Waals surface area contributed by atoms with Gasteiger partial charge in [-0.05, 0) is 6.07 Å². The Morgan fingerprint density at radius 3 is 2.50 bits per heavy atom. The van der Waals surface area contributed by atoms with E-state index in [1.165, 1.54) is 17.8 Å². The average Bonchev–Trinajstić information content (AvgIpc) is 2.06. The lowest BCUT2D eigenvalue weighted by Gasteiger charge is -2.18. The second-order valence-electron chi connectivity index (χ2n) is 3.99. The molecule has 0 N–H and O–H groups in total. The van der Waals surface area contributed by atoms with Crippen molar-refractivity contribution in [2.45, 2.75) is 30.4 Å². The van der Waals surface area contributed by atoms with Crippen LogP contribution in [0.25, 0.3) is 0 Å². The maximum Gasteiger partial charge on any atom is 0.151 e. The van der Waals surface area contributed by atoms with Crippen molar-refractivity contribution >= 4 is 18.0 Å². The summed E-state index contributed by atoms with van der Waals surface area (Å²) < 4.78 is 13.3. The smallest absolute Gasteiger partial charge is 0.151 e. The van der Waals surface area contributed by atoms with E-state index in [9.17, 15) is 9.18 Å². The van der Waals surface area contributed by atoms with Crippen molar-refractivity contribution in [2.75, 3.05) is 0 Å². The van der Waals surface area contributed by atoms with Crippen LogP contribution in [0, 0.1) is 5.82 Å². The van der Waals surface area contributed by atoms with Crippen LogP contribution in [0.5, 0.6) is 0 Å². The summed E-state index contributed by atoms with van der Waals surface area (Å²) in [7, 11) is 0. The van der Waals surface area contributed by atoms with Gasteiger partial charge in [0.15, 0.2) is 6.29 Å². The van der Waals surface area contributed by atoms with E-state index in [0.29, 0.717) is 16.7 Å². The highest BCUT2D eigenvalue weighted by Gasteiger charge is 2.17. The highest BCUT2D eigenvalue weighted by atomic mass is 32.2. The molecule has 14 heavy (non-hydrogen) atoms. The van der Waals surface area contributed by atoms with Crippen LogP contribution in [-0.4, -0.2) is 11.0 Å². The lowest BCUT2D eigenvalue weighted by molar-refractivity contribution is 0.112. The fourth-order valence-electron chi connectivity index (χ4n) is 1.03. The SMILES string of the molecule is CC(C)(C)Sc1c(F)cccc1C=O. The number of halogens is 1. The highest BCUT2D eigenvalue weighted by Crippen LogP contribution is 2.35. The second-order valence-corrected chi connectivity index (χ2v) is 5.83. The number of benzene rings is 1. The third-order valence-electron chi connectivity index (χ3n) is 1.53. The third kappa shape index (κ3) is 2.84. The summed E-state index contributed by atoms with van der Waals surface area (Å²) in [4.78, 5) is 11.1. The maximum absolute atomic E-state index is 13.4. The van der Waals surface area contributed by atoms with E-state index in [2.05, 4.69) is 0 Å². The summed E-state index contributed by atoms with van der Waals surface area (Å²) >= 11 is 1.37. The molecule has 0 aliphatic rings. The zero-order valence-corrected chi connectivity index (χ0v) is 9.32. The van der Waals surface area contributed by atoms with Gasteiger partial charge in [0.1, 0.15) is 5.82 Å². The molecule has 0 aromatic heterocycles. The Balaban J connectivity index is 3.11. The van der Waals surface area contributed by atoms with Crippen LogP contribution in [-0.2, 0) is 0 Å². The Morgan fingerprint density at radius 1 is 1.36 bits per heavy atom. The minimum absolute atomic E-state index is 0.0973. The first-order chi connectivity index (χ1) is 6.44. The second kappa shape index (κ2) is 4.13. The van der Waals surface area contributed by atoms with Gasteiger partial charge < -0.3 is 0 Å². The molecule has 0 aliphatic carbocycles. The van der Waals surface area contributed by atoms with Crippen LogP contribution in [0.1, 0.15) is 31.1 Å². The summed E-state index contributed by atoms with van der Waals surface area (Å²) in [6, 6.07) is 4.55. The average molecular weight is 212 g/mol. The molecule has 0 fully saturated rings. The topological polar surface area (TPSA) is 17.1 Å². The molecule has 76 valence electrons. The zero-order chi connectivity index (χ0) is 10.8. The fourth-order valence-corrected chi connectivity index (χ4v) is 2.04. The molecule has 1 aromatic rings.